The van der Waals surface area contributed by atoms with Gasteiger partial charge in [-0.3, -0.25) is 0 Å². The quantitative estimate of drug-likeness (QED) is 0.349. The van der Waals surface area contributed by atoms with E-state index in [1.807, 2.05) is 0 Å². The number of rotatable bonds is 3. The van der Waals surface area contributed by atoms with E-state index in [1.165, 1.54) is 13.1 Å². The second-order valence-electron chi connectivity index (χ2n) is 2.39. The molecule has 4 nitrogen and oxygen atoms in total. The second-order valence-corrected chi connectivity index (χ2v) is 2.39. The maximum absolute atomic E-state index is 10.5. The van der Waals surface area contributed by atoms with E-state index in [-0.39, 0.29) is 13.2 Å². The molecule has 70 valence electrons. The van der Waals surface area contributed by atoms with E-state index in [2.05, 4.69) is 16.6 Å². The Morgan fingerprint density at radius 2 is 2.17 bits per heavy atom. The number of carbonyl (C=O) groups is 1. The molecule has 0 aliphatic carbocycles. The fourth-order valence-electron chi connectivity index (χ4n) is 0.262. The number of aliphatic hydroxyl groups is 1. The lowest BCUT2D eigenvalue weighted by Crippen LogP contribution is -2.08. The summed E-state index contributed by atoms with van der Waals surface area (Å²) in [6.07, 6.45) is 0. The molecular formula is C8H15NO3. The van der Waals surface area contributed by atoms with Crippen LogP contribution in [0.25, 0.3) is 0 Å². The Bertz CT molecular complexity index is 152. The van der Waals surface area contributed by atoms with Crippen molar-refractivity contribution in [1.82, 2.24) is 5.32 Å². The van der Waals surface area contributed by atoms with Crippen LogP contribution in [0.5, 0.6) is 0 Å². The van der Waals surface area contributed by atoms with Gasteiger partial charge in [0.1, 0.15) is 6.61 Å². The molecule has 0 unspecified atom stereocenters. The van der Waals surface area contributed by atoms with Gasteiger partial charge in [-0.25, -0.2) is 4.79 Å². The fourth-order valence-corrected chi connectivity index (χ4v) is 0.262. The van der Waals surface area contributed by atoms with E-state index in [0.717, 1.165) is 0 Å². The third-order valence-corrected chi connectivity index (χ3v) is 0.923. The molecule has 1 heterocycles. The summed E-state index contributed by atoms with van der Waals surface area (Å²) in [4.78, 5) is 10.5. The van der Waals surface area contributed by atoms with E-state index in [9.17, 15) is 4.79 Å². The van der Waals surface area contributed by atoms with Gasteiger partial charge in [-0.05, 0) is 6.92 Å². The van der Waals surface area contributed by atoms with Crippen LogP contribution in [0.2, 0.25) is 0 Å². The Balaban J connectivity index is 0.000000330. The zero-order chi connectivity index (χ0) is 9.40. The molecule has 0 atom stereocenters. The van der Waals surface area contributed by atoms with E-state index in [4.69, 9.17) is 5.11 Å². The molecule has 12 heavy (non-hydrogen) atoms. The first-order valence-corrected chi connectivity index (χ1v) is 3.82. The molecule has 0 amide bonds. The van der Waals surface area contributed by atoms with Crippen molar-refractivity contribution in [2.75, 3.05) is 26.3 Å². The summed E-state index contributed by atoms with van der Waals surface area (Å²) in [5.74, 6) is -0.455. The largest absolute Gasteiger partial charge is 0.460 e. The van der Waals surface area contributed by atoms with Crippen molar-refractivity contribution < 1.29 is 14.6 Å². The summed E-state index contributed by atoms with van der Waals surface area (Å²) >= 11 is 0. The van der Waals surface area contributed by atoms with Crippen molar-refractivity contribution in [3.8, 4) is 0 Å². The Hall–Kier alpha value is -0.870. The monoisotopic (exact) mass is 173 g/mol. The number of esters is 1. The predicted octanol–water partition coefficient (Wildman–Crippen LogP) is -0.312. The highest BCUT2D eigenvalue weighted by molar-refractivity contribution is 5.86. The van der Waals surface area contributed by atoms with Crippen LogP contribution in [0.3, 0.4) is 0 Å². The number of ether oxygens (including phenoxy) is 1. The summed E-state index contributed by atoms with van der Waals surface area (Å²) < 4.78 is 4.46. The molecule has 1 aliphatic heterocycles. The van der Waals surface area contributed by atoms with Gasteiger partial charge in [-0.1, -0.05) is 6.58 Å². The Kier molecular flexibility index (Phi) is 6.32. The van der Waals surface area contributed by atoms with Gasteiger partial charge in [0.15, 0.2) is 0 Å². The average molecular weight is 173 g/mol. The summed E-state index contributed by atoms with van der Waals surface area (Å²) in [5.41, 5.74) is 0.350. The molecule has 1 saturated heterocycles. The van der Waals surface area contributed by atoms with E-state index in [0.29, 0.717) is 5.57 Å². The zero-order valence-corrected chi connectivity index (χ0v) is 7.30. The van der Waals surface area contributed by atoms with Crippen molar-refractivity contribution >= 4 is 5.97 Å². The molecule has 1 aliphatic rings. The van der Waals surface area contributed by atoms with Gasteiger partial charge >= 0.3 is 5.97 Å². The minimum atomic E-state index is -0.455. The highest BCUT2D eigenvalue weighted by atomic mass is 16.5. The Morgan fingerprint density at radius 1 is 1.67 bits per heavy atom. The van der Waals surface area contributed by atoms with Gasteiger partial charge in [-0.15, -0.1) is 0 Å². The number of nitrogens with one attached hydrogen (secondary N) is 1. The predicted molar refractivity (Wildman–Crippen MR) is 45.7 cm³/mol. The van der Waals surface area contributed by atoms with Crippen molar-refractivity contribution in [3.05, 3.63) is 12.2 Å². The zero-order valence-electron chi connectivity index (χ0n) is 7.30. The Labute approximate surface area is 72.2 Å². The minimum absolute atomic E-state index is 0.0473. The highest BCUT2D eigenvalue weighted by Crippen LogP contribution is 1.89. The smallest absolute Gasteiger partial charge is 0.333 e. The first-order chi connectivity index (χ1) is 5.68. The number of hydrogen-bond donors (Lipinski definition) is 2. The van der Waals surface area contributed by atoms with Gasteiger partial charge < -0.3 is 15.2 Å². The molecule has 0 saturated carbocycles. The molecule has 2 N–H and O–H groups in total. The van der Waals surface area contributed by atoms with Crippen molar-refractivity contribution in [2.45, 2.75) is 6.92 Å². The number of carbonyl (C=O) groups excluding carboxylic acids is 1. The van der Waals surface area contributed by atoms with Crippen LogP contribution < -0.4 is 5.32 Å². The maximum Gasteiger partial charge on any atom is 0.333 e. The minimum Gasteiger partial charge on any atom is -0.460 e. The van der Waals surface area contributed by atoms with Crippen LogP contribution in [-0.4, -0.2) is 37.4 Å². The summed E-state index contributed by atoms with van der Waals surface area (Å²) in [5, 5.41) is 11.2. The van der Waals surface area contributed by atoms with Gasteiger partial charge in [0.05, 0.1) is 6.61 Å². The van der Waals surface area contributed by atoms with Crippen molar-refractivity contribution in [1.29, 1.82) is 0 Å². The molecule has 0 aromatic heterocycles. The summed E-state index contributed by atoms with van der Waals surface area (Å²) in [7, 11) is 0. The lowest BCUT2D eigenvalue weighted by molar-refractivity contribution is -0.139. The SMILES string of the molecule is C1CN1.C=C(C)C(=O)OCCO. The topological polar surface area (TPSA) is 68.5 Å². The summed E-state index contributed by atoms with van der Waals surface area (Å²) in [6, 6.07) is 0. The molecule has 0 aromatic carbocycles. The standard InChI is InChI=1S/C6H10O3.C2H5N/c1-5(2)6(8)9-4-3-7;1-2-3-1/h7H,1,3-4H2,2H3;3H,1-2H2. The van der Waals surface area contributed by atoms with E-state index < -0.39 is 5.97 Å². The van der Waals surface area contributed by atoms with Crippen LogP contribution in [0.1, 0.15) is 6.92 Å². The number of aliphatic hydroxyl groups excluding tert-OH is 1. The van der Waals surface area contributed by atoms with E-state index in [1.54, 1.807) is 6.92 Å². The first kappa shape index (κ1) is 11.1. The normalized spacial score (nSPS) is 12.5. The van der Waals surface area contributed by atoms with Gasteiger partial charge in [0.2, 0.25) is 0 Å². The third-order valence-electron chi connectivity index (χ3n) is 0.923. The third kappa shape index (κ3) is 9.13. The van der Waals surface area contributed by atoms with Crippen LogP contribution in [0.15, 0.2) is 12.2 Å². The first-order valence-electron chi connectivity index (χ1n) is 3.82. The van der Waals surface area contributed by atoms with Crippen molar-refractivity contribution in [3.63, 3.8) is 0 Å². The van der Waals surface area contributed by atoms with Crippen molar-refractivity contribution in [2.24, 2.45) is 0 Å². The van der Waals surface area contributed by atoms with E-state index >= 15 is 0 Å². The lowest BCUT2D eigenvalue weighted by Gasteiger charge is -1.99. The van der Waals surface area contributed by atoms with Crippen LogP contribution in [0.4, 0.5) is 0 Å². The fraction of sp³-hybridized carbons (Fsp3) is 0.625. The summed E-state index contributed by atoms with van der Waals surface area (Å²) in [6.45, 7) is 7.31. The molecule has 0 spiro atoms. The molecule has 0 radical (unpaired) electrons. The van der Waals surface area contributed by atoms with Gasteiger partial charge in [0.25, 0.3) is 0 Å². The lowest BCUT2D eigenvalue weighted by atomic mass is 10.4. The maximum atomic E-state index is 10.5. The average Bonchev–Trinajstić information content (AvgIpc) is 2.85. The molecule has 0 aromatic rings. The van der Waals surface area contributed by atoms with Crippen LogP contribution in [0, 0.1) is 0 Å². The van der Waals surface area contributed by atoms with Crippen LogP contribution in [-0.2, 0) is 9.53 Å². The Morgan fingerprint density at radius 3 is 2.42 bits per heavy atom. The number of hydrogen-bond acceptors (Lipinski definition) is 4. The molecular weight excluding hydrogens is 158 g/mol. The van der Waals surface area contributed by atoms with Gasteiger partial charge in [0, 0.05) is 18.7 Å². The van der Waals surface area contributed by atoms with Crippen LogP contribution >= 0.6 is 0 Å². The molecule has 1 rings (SSSR count). The molecule has 4 heteroatoms. The molecule has 0 bridgehead atoms. The highest BCUT2D eigenvalue weighted by Gasteiger charge is 1.99. The van der Waals surface area contributed by atoms with Gasteiger partial charge in [-0.2, -0.15) is 0 Å². The molecule has 1 fully saturated rings. The second kappa shape index (κ2) is 6.82.